The minimum Gasteiger partial charge on any atom is -0.488 e. The molecule has 1 saturated heterocycles. The van der Waals surface area contributed by atoms with Crippen molar-refractivity contribution in [2.24, 2.45) is 5.92 Å². The number of rotatable bonds is 5. The Morgan fingerprint density at radius 3 is 2.52 bits per heavy atom. The lowest BCUT2D eigenvalue weighted by Gasteiger charge is -2.37. The van der Waals surface area contributed by atoms with Gasteiger partial charge < -0.3 is 15.2 Å². The van der Waals surface area contributed by atoms with Crippen molar-refractivity contribution in [1.29, 1.82) is 0 Å². The number of hydrogen-bond donors (Lipinski definition) is 2. The molecule has 2 N–H and O–H groups in total. The number of para-hydroxylation sites is 1. The summed E-state index contributed by atoms with van der Waals surface area (Å²) in [6.07, 6.45) is 3.28. The molecule has 1 aromatic rings. The lowest BCUT2D eigenvalue weighted by molar-refractivity contribution is -0.125. The van der Waals surface area contributed by atoms with Gasteiger partial charge in [0.1, 0.15) is 18.0 Å². The van der Waals surface area contributed by atoms with E-state index in [2.05, 4.69) is 10.2 Å². The first-order valence-electron chi connectivity index (χ1n) is 9.50. The molecule has 1 heterocycles. The summed E-state index contributed by atoms with van der Waals surface area (Å²) < 4.78 is 6.05. The molecule has 3 rings (SSSR count). The number of aliphatic hydroxyl groups excluding tert-OH is 1. The van der Waals surface area contributed by atoms with Crippen molar-refractivity contribution in [3.05, 3.63) is 30.3 Å². The summed E-state index contributed by atoms with van der Waals surface area (Å²) in [6, 6.07) is 9.47. The van der Waals surface area contributed by atoms with Gasteiger partial charge in [0.05, 0.1) is 12.1 Å². The molecule has 138 valence electrons. The maximum absolute atomic E-state index is 12.2. The van der Waals surface area contributed by atoms with Crippen LogP contribution in [0.15, 0.2) is 30.3 Å². The monoisotopic (exact) mass is 346 g/mol. The minimum absolute atomic E-state index is 0.0413. The van der Waals surface area contributed by atoms with E-state index in [0.29, 0.717) is 6.42 Å². The van der Waals surface area contributed by atoms with Gasteiger partial charge in [0.2, 0.25) is 5.91 Å². The molecule has 1 aliphatic heterocycles. The third-order valence-corrected chi connectivity index (χ3v) is 5.32. The van der Waals surface area contributed by atoms with Crippen LogP contribution >= 0.6 is 0 Å². The molecule has 2 fully saturated rings. The van der Waals surface area contributed by atoms with E-state index >= 15 is 0 Å². The number of nitrogens with zero attached hydrogens (tertiary/aromatic N) is 1. The zero-order chi connectivity index (χ0) is 17.8. The van der Waals surface area contributed by atoms with Crippen LogP contribution in [0.5, 0.6) is 5.75 Å². The van der Waals surface area contributed by atoms with Crippen molar-refractivity contribution in [3.63, 3.8) is 0 Å². The van der Waals surface area contributed by atoms with Crippen molar-refractivity contribution in [1.82, 2.24) is 10.2 Å². The number of benzene rings is 1. The predicted molar refractivity (Wildman–Crippen MR) is 97.5 cm³/mol. The third-order valence-electron chi connectivity index (χ3n) is 5.32. The Bertz CT molecular complexity index is 557. The molecule has 5 heteroatoms. The first-order chi connectivity index (χ1) is 12.1. The Morgan fingerprint density at radius 1 is 1.20 bits per heavy atom. The lowest BCUT2D eigenvalue weighted by atomic mass is 10.0. The number of carbonyl (C=O) groups excluding carboxylic acids is 1. The maximum atomic E-state index is 12.2. The van der Waals surface area contributed by atoms with E-state index in [1.54, 1.807) is 0 Å². The Kier molecular flexibility index (Phi) is 5.97. The van der Waals surface area contributed by atoms with Crippen LogP contribution in [0, 0.1) is 5.92 Å². The summed E-state index contributed by atoms with van der Waals surface area (Å²) in [5, 5.41) is 14.1. The van der Waals surface area contributed by atoms with Crippen molar-refractivity contribution >= 4 is 5.91 Å². The lowest BCUT2D eigenvalue weighted by Crippen LogP contribution is -2.55. The van der Waals surface area contributed by atoms with Crippen molar-refractivity contribution in [2.45, 2.75) is 63.8 Å². The number of carbonyl (C=O) groups is 1. The number of nitrogens with one attached hydrogen (secondary N) is 1. The standard InChI is InChI=1S/C20H30N2O3/c1-14(2)20(24)21-16-13-17(25-15-9-5-3-6-10-15)19(23)18(16)22-11-7-4-8-12-22/h3,5-6,9-10,14,16-19,23H,4,7-8,11-13H2,1-2H3,(H,21,24)/t16-,17-,18+,19+/m1/s1. The second-order valence-electron chi connectivity index (χ2n) is 7.55. The van der Waals surface area contributed by atoms with E-state index in [9.17, 15) is 9.90 Å². The molecule has 5 nitrogen and oxygen atoms in total. The molecule has 1 saturated carbocycles. The fourth-order valence-corrected chi connectivity index (χ4v) is 3.96. The molecular weight excluding hydrogens is 316 g/mol. The third kappa shape index (κ3) is 4.33. The van der Waals surface area contributed by atoms with E-state index in [1.807, 2.05) is 44.2 Å². The first kappa shape index (κ1) is 18.2. The summed E-state index contributed by atoms with van der Waals surface area (Å²) in [5.41, 5.74) is 0. The van der Waals surface area contributed by atoms with Crippen LogP contribution in [0.2, 0.25) is 0 Å². The SMILES string of the molecule is CC(C)C(=O)N[C@@H]1C[C@@H](Oc2ccccc2)[C@H](O)[C@H]1N1CCCCC1. The summed E-state index contributed by atoms with van der Waals surface area (Å²) in [4.78, 5) is 14.6. The highest BCUT2D eigenvalue weighted by atomic mass is 16.5. The number of likely N-dealkylation sites (tertiary alicyclic amines) is 1. The van der Waals surface area contributed by atoms with Crippen LogP contribution in [0.4, 0.5) is 0 Å². The van der Waals surface area contributed by atoms with Gasteiger partial charge in [0.15, 0.2) is 0 Å². The van der Waals surface area contributed by atoms with Gasteiger partial charge in [0.25, 0.3) is 0 Å². The van der Waals surface area contributed by atoms with Crippen LogP contribution in [0.1, 0.15) is 39.5 Å². The van der Waals surface area contributed by atoms with Crippen LogP contribution in [-0.4, -0.2) is 53.3 Å². The maximum Gasteiger partial charge on any atom is 0.222 e. The average Bonchev–Trinajstić information content (AvgIpc) is 2.91. The molecule has 1 aromatic carbocycles. The Balaban J connectivity index is 1.74. The van der Waals surface area contributed by atoms with E-state index in [4.69, 9.17) is 4.74 Å². The molecule has 1 amide bonds. The highest BCUT2D eigenvalue weighted by molar-refractivity contribution is 5.78. The Morgan fingerprint density at radius 2 is 1.88 bits per heavy atom. The molecule has 0 unspecified atom stereocenters. The predicted octanol–water partition coefficient (Wildman–Crippen LogP) is 2.19. The Hall–Kier alpha value is -1.59. The fraction of sp³-hybridized carbons (Fsp3) is 0.650. The van der Waals surface area contributed by atoms with Gasteiger partial charge in [-0.3, -0.25) is 9.69 Å². The normalized spacial score (nSPS) is 30.4. The first-order valence-corrected chi connectivity index (χ1v) is 9.50. The summed E-state index contributed by atoms with van der Waals surface area (Å²) in [7, 11) is 0. The Labute approximate surface area is 150 Å². The van der Waals surface area contributed by atoms with Gasteiger partial charge in [-0.15, -0.1) is 0 Å². The molecule has 0 bridgehead atoms. The molecule has 1 aliphatic carbocycles. The smallest absolute Gasteiger partial charge is 0.222 e. The largest absolute Gasteiger partial charge is 0.488 e. The molecule has 4 atom stereocenters. The second kappa shape index (κ2) is 8.19. The molecular formula is C20H30N2O3. The van der Waals surface area contributed by atoms with E-state index in [-0.39, 0.29) is 30.0 Å². The average molecular weight is 346 g/mol. The zero-order valence-electron chi connectivity index (χ0n) is 15.2. The highest BCUT2D eigenvalue weighted by Crippen LogP contribution is 2.31. The van der Waals surface area contributed by atoms with Crippen LogP contribution in [0.3, 0.4) is 0 Å². The molecule has 25 heavy (non-hydrogen) atoms. The fourth-order valence-electron chi connectivity index (χ4n) is 3.96. The van der Waals surface area contributed by atoms with Gasteiger partial charge in [-0.05, 0) is 38.1 Å². The van der Waals surface area contributed by atoms with Crippen molar-refractivity contribution < 1.29 is 14.6 Å². The van der Waals surface area contributed by atoms with E-state index in [1.165, 1.54) is 6.42 Å². The topological polar surface area (TPSA) is 61.8 Å². The number of piperidine rings is 1. The molecule has 0 aromatic heterocycles. The molecule has 0 spiro atoms. The van der Waals surface area contributed by atoms with Crippen molar-refractivity contribution in [3.8, 4) is 5.75 Å². The highest BCUT2D eigenvalue weighted by Gasteiger charge is 2.47. The van der Waals surface area contributed by atoms with Gasteiger partial charge in [-0.2, -0.15) is 0 Å². The number of hydrogen-bond acceptors (Lipinski definition) is 4. The van der Waals surface area contributed by atoms with E-state index in [0.717, 1.165) is 31.7 Å². The van der Waals surface area contributed by atoms with E-state index < -0.39 is 6.10 Å². The second-order valence-corrected chi connectivity index (χ2v) is 7.55. The number of amides is 1. The summed E-state index contributed by atoms with van der Waals surface area (Å²) >= 11 is 0. The minimum atomic E-state index is -0.601. The molecule has 2 aliphatic rings. The molecule has 0 radical (unpaired) electrons. The summed E-state index contributed by atoms with van der Waals surface area (Å²) in [5.74, 6) is 0.743. The summed E-state index contributed by atoms with van der Waals surface area (Å²) in [6.45, 7) is 5.75. The quantitative estimate of drug-likeness (QED) is 0.858. The van der Waals surface area contributed by atoms with Gasteiger partial charge >= 0.3 is 0 Å². The van der Waals surface area contributed by atoms with Gasteiger partial charge in [0, 0.05) is 12.3 Å². The van der Waals surface area contributed by atoms with Gasteiger partial charge in [-0.25, -0.2) is 0 Å². The van der Waals surface area contributed by atoms with Crippen LogP contribution in [0.25, 0.3) is 0 Å². The number of ether oxygens (including phenoxy) is 1. The number of aliphatic hydroxyl groups is 1. The zero-order valence-corrected chi connectivity index (χ0v) is 15.2. The van der Waals surface area contributed by atoms with Crippen LogP contribution < -0.4 is 10.1 Å². The van der Waals surface area contributed by atoms with Crippen molar-refractivity contribution in [2.75, 3.05) is 13.1 Å². The van der Waals surface area contributed by atoms with Gasteiger partial charge in [-0.1, -0.05) is 38.5 Å². The van der Waals surface area contributed by atoms with Crippen LogP contribution in [-0.2, 0) is 4.79 Å².